The third-order valence-electron chi connectivity index (χ3n) is 20.1. The summed E-state index contributed by atoms with van der Waals surface area (Å²) in [7, 11) is 0. The number of nitrogens with zero attached hydrogens (tertiary/aromatic N) is 2. The van der Waals surface area contributed by atoms with Gasteiger partial charge in [-0.25, -0.2) is 0 Å². The van der Waals surface area contributed by atoms with Crippen LogP contribution in [-0.2, 0) is 32.5 Å². The summed E-state index contributed by atoms with van der Waals surface area (Å²) in [5.41, 5.74) is 25.3. The maximum Gasteiger partial charge on any atom is 0.252 e. The number of benzene rings is 6. The minimum atomic E-state index is 0.0691. The molecule has 4 heteroatoms. The maximum absolute atomic E-state index is 2.81. The van der Waals surface area contributed by atoms with E-state index in [1.807, 2.05) is 11.3 Å². The molecule has 1 aromatic heterocycles. The van der Waals surface area contributed by atoms with Gasteiger partial charge in [0.2, 0.25) is 0 Å². The molecule has 7 aromatic rings. The number of rotatable bonds is 3. The summed E-state index contributed by atoms with van der Waals surface area (Å²) in [4.78, 5) is 5.61. The van der Waals surface area contributed by atoms with Gasteiger partial charge in [0.25, 0.3) is 6.71 Å². The van der Waals surface area contributed by atoms with Crippen LogP contribution in [0.15, 0.2) is 91.0 Å². The Bertz CT molecular complexity index is 3400. The van der Waals surface area contributed by atoms with E-state index in [9.17, 15) is 0 Å². The van der Waals surface area contributed by atoms with E-state index in [-0.39, 0.29) is 39.2 Å². The SMILES string of the molecule is Cc1cc2c(cc1N1c3cc4c(cc3B3c5cc6c(cc5N(c5ccc7c(c5)C(C)(C)CCC7(C)C)c5cc(C7CCCCC7)cc1c53)C(C)(C)CCC6(C)C)sc1ccccc14)C(C)(C)CCC2(C)C. The fourth-order valence-electron chi connectivity index (χ4n) is 15.2. The molecule has 1 fully saturated rings. The highest BCUT2D eigenvalue weighted by atomic mass is 32.1. The molecule has 0 amide bonds. The zero-order valence-electron chi connectivity index (χ0n) is 45.4. The van der Waals surface area contributed by atoms with Gasteiger partial charge in [-0.15, -0.1) is 11.3 Å². The van der Waals surface area contributed by atoms with Crippen molar-refractivity contribution in [3.8, 4) is 0 Å². The molecule has 2 aliphatic heterocycles. The molecule has 0 unspecified atom stereocenters. The highest BCUT2D eigenvalue weighted by Crippen LogP contribution is 2.55. The van der Waals surface area contributed by atoms with Crippen LogP contribution in [0.25, 0.3) is 20.2 Å². The summed E-state index contributed by atoms with van der Waals surface area (Å²) in [5, 5.41) is 2.75. The second-order valence-electron chi connectivity index (χ2n) is 27.6. The number of hydrogen-bond acceptors (Lipinski definition) is 3. The lowest BCUT2D eigenvalue weighted by atomic mass is 9.33. The molecule has 1 saturated carbocycles. The molecule has 0 atom stereocenters. The van der Waals surface area contributed by atoms with Crippen molar-refractivity contribution in [2.45, 2.75) is 199 Å². The highest BCUT2D eigenvalue weighted by molar-refractivity contribution is 7.26. The van der Waals surface area contributed by atoms with Gasteiger partial charge < -0.3 is 9.80 Å². The first-order valence-corrected chi connectivity index (χ1v) is 28.6. The van der Waals surface area contributed by atoms with Crippen molar-refractivity contribution in [2.75, 3.05) is 9.80 Å². The molecule has 0 saturated heterocycles. The molecule has 6 aromatic carbocycles. The third kappa shape index (κ3) is 6.77. The Morgan fingerprint density at radius 2 is 0.944 bits per heavy atom. The van der Waals surface area contributed by atoms with Crippen LogP contribution in [0.2, 0.25) is 0 Å². The first-order valence-electron chi connectivity index (χ1n) is 27.8. The molecular formula is C67H77BN2S. The first-order chi connectivity index (χ1) is 33.5. The fraction of sp³-hybridized carbons (Fsp3) is 0.463. The van der Waals surface area contributed by atoms with E-state index in [1.165, 1.54) is 180 Å². The number of thiophene rings is 1. The van der Waals surface area contributed by atoms with Gasteiger partial charge >= 0.3 is 0 Å². The van der Waals surface area contributed by atoms with Crippen molar-refractivity contribution < 1.29 is 0 Å². The van der Waals surface area contributed by atoms with E-state index in [0.29, 0.717) is 5.92 Å². The van der Waals surface area contributed by atoms with Crippen molar-refractivity contribution in [1.29, 1.82) is 0 Å². The molecule has 0 bridgehead atoms. The average Bonchev–Trinajstić information content (AvgIpc) is 3.70. The molecular weight excluding hydrogens is 876 g/mol. The van der Waals surface area contributed by atoms with E-state index in [0.717, 1.165) is 0 Å². The zero-order chi connectivity index (χ0) is 49.5. The van der Waals surface area contributed by atoms with Crippen molar-refractivity contribution >= 4 is 88.7 Å². The van der Waals surface area contributed by atoms with E-state index >= 15 is 0 Å². The van der Waals surface area contributed by atoms with Crippen LogP contribution in [0.3, 0.4) is 0 Å². The van der Waals surface area contributed by atoms with Crippen molar-refractivity contribution in [3.63, 3.8) is 0 Å². The average molecular weight is 953 g/mol. The third-order valence-corrected chi connectivity index (χ3v) is 21.3. The molecule has 0 spiro atoms. The smallest absolute Gasteiger partial charge is 0.252 e. The van der Waals surface area contributed by atoms with E-state index in [2.05, 4.69) is 191 Å². The molecule has 2 nitrogen and oxygen atoms in total. The molecule has 71 heavy (non-hydrogen) atoms. The van der Waals surface area contributed by atoms with Crippen LogP contribution in [0.1, 0.15) is 204 Å². The second-order valence-corrected chi connectivity index (χ2v) is 28.7. The zero-order valence-corrected chi connectivity index (χ0v) is 46.2. The van der Waals surface area contributed by atoms with Gasteiger partial charge in [-0.05, 0) is 212 Å². The maximum atomic E-state index is 2.81. The Morgan fingerprint density at radius 3 is 1.58 bits per heavy atom. The predicted octanol–water partition coefficient (Wildman–Crippen LogP) is 17.5. The highest BCUT2D eigenvalue weighted by Gasteiger charge is 2.49. The number of aryl methyl sites for hydroxylation is 1. The minimum Gasteiger partial charge on any atom is -0.311 e. The van der Waals surface area contributed by atoms with Crippen LogP contribution in [-0.4, -0.2) is 6.71 Å². The van der Waals surface area contributed by atoms with Crippen molar-refractivity contribution in [1.82, 2.24) is 0 Å². The minimum absolute atomic E-state index is 0.0691. The molecule has 364 valence electrons. The largest absolute Gasteiger partial charge is 0.311 e. The summed E-state index contributed by atoms with van der Waals surface area (Å²) in [6.07, 6.45) is 13.7. The Morgan fingerprint density at radius 1 is 0.437 bits per heavy atom. The van der Waals surface area contributed by atoms with Crippen molar-refractivity contribution in [3.05, 3.63) is 136 Å². The number of hydrogen-bond donors (Lipinski definition) is 0. The first kappa shape index (κ1) is 46.0. The Balaban J connectivity index is 1.18. The lowest BCUT2D eigenvalue weighted by Crippen LogP contribution is -2.62. The van der Waals surface area contributed by atoms with Gasteiger partial charge in [-0.3, -0.25) is 0 Å². The lowest BCUT2D eigenvalue weighted by Gasteiger charge is -2.48. The standard InChI is InChI=1S/C67H77BN2S/c1-40-31-47-50(66(10,11)29-27-63(47,4)5)37-54(40)70-55-35-45-44-21-17-18-22-59(44)71-60(45)39-53(55)68-52-36-49-51(67(12,13)30-28-65(49,8)9)38-56(52)69(43-23-24-46-48(34-43)64(6,7)26-25-62(46,2)3)57-32-42(33-58(70)61(57)68)41-19-15-14-16-20-41/h17-18,21-24,31-39,41H,14-16,19-20,25-30H2,1-13H3. The van der Waals surface area contributed by atoms with Crippen LogP contribution >= 0.6 is 11.3 Å². The monoisotopic (exact) mass is 953 g/mol. The van der Waals surface area contributed by atoms with E-state index in [4.69, 9.17) is 0 Å². The van der Waals surface area contributed by atoms with Gasteiger partial charge in [0, 0.05) is 54.3 Å². The molecule has 0 N–H and O–H groups in total. The topological polar surface area (TPSA) is 6.48 Å². The quantitative estimate of drug-likeness (QED) is 0.163. The molecule has 0 radical (unpaired) electrons. The van der Waals surface area contributed by atoms with E-state index < -0.39 is 0 Å². The second kappa shape index (κ2) is 15.1. The summed E-state index contributed by atoms with van der Waals surface area (Å²) in [6.45, 7) is 32.5. The summed E-state index contributed by atoms with van der Waals surface area (Å²) in [6, 6.07) is 38.4. The van der Waals surface area contributed by atoms with Crippen LogP contribution in [0.5, 0.6) is 0 Å². The number of fused-ring (bicyclic) bond motifs is 10. The Kier molecular flexibility index (Phi) is 9.82. The van der Waals surface area contributed by atoms with Gasteiger partial charge in [-0.2, -0.15) is 0 Å². The van der Waals surface area contributed by atoms with Crippen molar-refractivity contribution in [2.24, 2.45) is 0 Å². The normalized spacial score (nSPS) is 21.8. The van der Waals surface area contributed by atoms with Crippen LogP contribution in [0, 0.1) is 6.92 Å². The fourth-order valence-corrected chi connectivity index (χ4v) is 16.3. The predicted molar refractivity (Wildman–Crippen MR) is 310 cm³/mol. The molecule has 6 aliphatic rings. The van der Waals surface area contributed by atoms with Gasteiger partial charge in [0.1, 0.15) is 0 Å². The van der Waals surface area contributed by atoms with Crippen LogP contribution in [0.4, 0.5) is 34.1 Å². The van der Waals surface area contributed by atoms with Gasteiger partial charge in [0.05, 0.1) is 0 Å². The molecule has 13 rings (SSSR count). The van der Waals surface area contributed by atoms with E-state index in [1.54, 1.807) is 5.56 Å². The summed E-state index contributed by atoms with van der Waals surface area (Å²) in [5.74, 6) is 0.537. The Hall–Kier alpha value is -4.80. The summed E-state index contributed by atoms with van der Waals surface area (Å²) >= 11 is 1.97. The lowest BCUT2D eigenvalue weighted by molar-refractivity contribution is 0.332. The van der Waals surface area contributed by atoms with Crippen LogP contribution < -0.4 is 26.2 Å². The Labute approximate surface area is 430 Å². The summed E-state index contributed by atoms with van der Waals surface area (Å²) < 4.78 is 2.76. The number of anilines is 6. The molecule has 3 heterocycles. The van der Waals surface area contributed by atoms with Gasteiger partial charge in [-0.1, -0.05) is 139 Å². The molecule has 4 aliphatic carbocycles. The van der Waals surface area contributed by atoms with Gasteiger partial charge in [0.15, 0.2) is 0 Å².